The highest BCUT2D eigenvalue weighted by atomic mass is 32.2. The van der Waals surface area contributed by atoms with Gasteiger partial charge in [-0.25, -0.2) is 4.98 Å². The van der Waals surface area contributed by atoms with Crippen LogP contribution in [0.2, 0.25) is 0 Å². The van der Waals surface area contributed by atoms with Crippen LogP contribution in [0.1, 0.15) is 23.7 Å². The first-order valence-electron chi connectivity index (χ1n) is 7.27. The van der Waals surface area contributed by atoms with E-state index in [1.807, 2.05) is 53.2 Å². The topological polar surface area (TPSA) is 33.2 Å². The van der Waals surface area contributed by atoms with Crippen molar-refractivity contribution in [2.75, 3.05) is 17.7 Å². The van der Waals surface area contributed by atoms with Gasteiger partial charge in [0.2, 0.25) is 0 Å². The summed E-state index contributed by atoms with van der Waals surface area (Å²) < 4.78 is 0. The standard InChI is InChI=1S/C17H18N2OS2/c1-12-9-11-19(14-7-3-4-8-15(14)22-12)17(20)13-6-5-10-18-16(13)21-2/h3-8,10,12H,9,11H2,1-2H3/t12-/m0/s1. The number of amides is 1. The van der Waals surface area contributed by atoms with Crippen LogP contribution in [-0.2, 0) is 0 Å². The van der Waals surface area contributed by atoms with E-state index in [-0.39, 0.29) is 5.91 Å². The van der Waals surface area contributed by atoms with E-state index in [2.05, 4.69) is 18.0 Å². The molecule has 0 fully saturated rings. The number of thioether (sulfide) groups is 2. The molecule has 1 aliphatic heterocycles. The zero-order chi connectivity index (χ0) is 15.5. The molecule has 22 heavy (non-hydrogen) atoms. The van der Waals surface area contributed by atoms with Gasteiger partial charge in [-0.2, -0.15) is 0 Å². The summed E-state index contributed by atoms with van der Waals surface area (Å²) in [7, 11) is 0. The van der Waals surface area contributed by atoms with E-state index in [9.17, 15) is 4.79 Å². The van der Waals surface area contributed by atoms with Gasteiger partial charge >= 0.3 is 0 Å². The van der Waals surface area contributed by atoms with E-state index in [1.54, 1.807) is 6.20 Å². The van der Waals surface area contributed by atoms with Gasteiger partial charge in [0.05, 0.1) is 11.3 Å². The van der Waals surface area contributed by atoms with Crippen molar-refractivity contribution >= 4 is 35.1 Å². The summed E-state index contributed by atoms with van der Waals surface area (Å²) in [6, 6.07) is 11.9. The predicted molar refractivity (Wildman–Crippen MR) is 94.1 cm³/mol. The smallest absolute Gasteiger partial charge is 0.261 e. The first-order valence-corrected chi connectivity index (χ1v) is 9.37. The first-order chi connectivity index (χ1) is 10.7. The quantitative estimate of drug-likeness (QED) is 0.767. The van der Waals surface area contributed by atoms with Crippen LogP contribution in [0.25, 0.3) is 0 Å². The average Bonchev–Trinajstić information content (AvgIpc) is 2.72. The van der Waals surface area contributed by atoms with Crippen LogP contribution < -0.4 is 4.90 Å². The van der Waals surface area contributed by atoms with Gasteiger partial charge in [-0.1, -0.05) is 19.1 Å². The zero-order valence-electron chi connectivity index (χ0n) is 12.7. The Kier molecular flexibility index (Phi) is 4.74. The molecule has 0 radical (unpaired) electrons. The highest BCUT2D eigenvalue weighted by molar-refractivity contribution is 8.00. The van der Waals surface area contributed by atoms with Crippen LogP contribution in [0.5, 0.6) is 0 Å². The van der Waals surface area contributed by atoms with Crippen LogP contribution in [0, 0.1) is 0 Å². The molecule has 114 valence electrons. The van der Waals surface area contributed by atoms with Crippen molar-refractivity contribution in [3.8, 4) is 0 Å². The molecule has 1 aromatic carbocycles. The Morgan fingerprint density at radius 2 is 2.14 bits per heavy atom. The number of benzene rings is 1. The lowest BCUT2D eigenvalue weighted by Gasteiger charge is -2.23. The fraction of sp³-hybridized carbons (Fsp3) is 0.294. The number of aromatic nitrogens is 1. The summed E-state index contributed by atoms with van der Waals surface area (Å²) in [5, 5.41) is 1.29. The van der Waals surface area contributed by atoms with Gasteiger partial charge < -0.3 is 4.90 Å². The Hall–Kier alpha value is -1.46. The van der Waals surface area contributed by atoms with Crippen molar-refractivity contribution in [1.82, 2.24) is 4.98 Å². The SMILES string of the molecule is CSc1ncccc1C(=O)N1CC[C@H](C)Sc2ccccc21. The summed E-state index contributed by atoms with van der Waals surface area (Å²) in [6.07, 6.45) is 4.67. The molecular weight excluding hydrogens is 312 g/mol. The number of hydrogen-bond acceptors (Lipinski definition) is 4. The maximum absolute atomic E-state index is 13.1. The number of pyridine rings is 1. The maximum atomic E-state index is 13.1. The van der Waals surface area contributed by atoms with Crippen LogP contribution in [0.3, 0.4) is 0 Å². The number of carbonyl (C=O) groups is 1. The predicted octanol–water partition coefficient (Wildman–Crippen LogP) is 4.33. The maximum Gasteiger partial charge on any atom is 0.261 e. The van der Waals surface area contributed by atoms with Crippen molar-refractivity contribution in [1.29, 1.82) is 0 Å². The summed E-state index contributed by atoms with van der Waals surface area (Å²) in [5.41, 5.74) is 1.70. The van der Waals surface area contributed by atoms with Crippen molar-refractivity contribution in [2.24, 2.45) is 0 Å². The van der Waals surface area contributed by atoms with Crippen molar-refractivity contribution in [3.05, 3.63) is 48.2 Å². The molecule has 2 aromatic rings. The van der Waals surface area contributed by atoms with Gasteiger partial charge in [-0.05, 0) is 36.9 Å². The minimum Gasteiger partial charge on any atom is -0.307 e. The van der Waals surface area contributed by atoms with Crippen molar-refractivity contribution < 1.29 is 4.79 Å². The van der Waals surface area contributed by atoms with Crippen LogP contribution in [0.4, 0.5) is 5.69 Å². The van der Waals surface area contributed by atoms with Gasteiger partial charge in [0, 0.05) is 22.9 Å². The molecule has 3 rings (SSSR count). The number of anilines is 1. The molecule has 0 N–H and O–H groups in total. The lowest BCUT2D eigenvalue weighted by Crippen LogP contribution is -2.32. The monoisotopic (exact) mass is 330 g/mol. The van der Waals surface area contributed by atoms with E-state index in [0.717, 1.165) is 23.7 Å². The third kappa shape index (κ3) is 3.01. The van der Waals surface area contributed by atoms with E-state index >= 15 is 0 Å². The fourth-order valence-corrected chi connectivity index (χ4v) is 4.21. The van der Waals surface area contributed by atoms with Crippen LogP contribution in [-0.4, -0.2) is 28.9 Å². The Bertz CT molecular complexity index is 690. The lowest BCUT2D eigenvalue weighted by molar-refractivity contribution is 0.0983. The molecule has 0 aliphatic carbocycles. The number of rotatable bonds is 2. The van der Waals surface area contributed by atoms with E-state index in [1.165, 1.54) is 16.7 Å². The highest BCUT2D eigenvalue weighted by Crippen LogP contribution is 2.38. The molecule has 0 saturated carbocycles. The summed E-state index contributed by atoms with van der Waals surface area (Å²) in [4.78, 5) is 20.5. The molecule has 0 unspecified atom stereocenters. The fourth-order valence-electron chi connectivity index (χ4n) is 2.56. The second-order valence-electron chi connectivity index (χ2n) is 5.20. The zero-order valence-corrected chi connectivity index (χ0v) is 14.3. The Morgan fingerprint density at radius 1 is 1.32 bits per heavy atom. The van der Waals surface area contributed by atoms with Gasteiger partial charge in [-0.15, -0.1) is 23.5 Å². The Morgan fingerprint density at radius 3 is 2.95 bits per heavy atom. The second kappa shape index (κ2) is 6.75. The van der Waals surface area contributed by atoms with Crippen molar-refractivity contribution in [3.63, 3.8) is 0 Å². The molecule has 5 heteroatoms. The molecule has 1 aliphatic rings. The second-order valence-corrected chi connectivity index (χ2v) is 7.48. The number of carbonyl (C=O) groups excluding carboxylic acids is 1. The largest absolute Gasteiger partial charge is 0.307 e. The van der Waals surface area contributed by atoms with Gasteiger partial charge in [0.25, 0.3) is 5.91 Å². The molecule has 1 amide bonds. The molecule has 0 saturated heterocycles. The molecule has 0 spiro atoms. The average molecular weight is 330 g/mol. The summed E-state index contributed by atoms with van der Waals surface area (Å²) in [5.74, 6) is 0.0413. The van der Waals surface area contributed by atoms with Crippen molar-refractivity contribution in [2.45, 2.75) is 28.5 Å². The number of para-hydroxylation sites is 1. The lowest BCUT2D eigenvalue weighted by atomic mass is 10.2. The number of nitrogens with zero attached hydrogens (tertiary/aromatic N) is 2. The Balaban J connectivity index is 2.02. The van der Waals surface area contributed by atoms with Gasteiger partial charge in [0.15, 0.2) is 0 Å². The Labute approximate surface area is 139 Å². The van der Waals surface area contributed by atoms with E-state index < -0.39 is 0 Å². The molecule has 1 aromatic heterocycles. The number of hydrogen-bond donors (Lipinski definition) is 0. The minimum atomic E-state index is 0.0413. The molecular formula is C17H18N2OS2. The van der Waals surface area contributed by atoms with E-state index in [4.69, 9.17) is 0 Å². The third-order valence-corrected chi connectivity index (χ3v) is 5.63. The van der Waals surface area contributed by atoms with Gasteiger partial charge in [-0.3, -0.25) is 4.79 Å². The normalized spacial score (nSPS) is 17.7. The minimum absolute atomic E-state index is 0.0413. The summed E-state index contributed by atoms with van der Waals surface area (Å²) in [6.45, 7) is 2.96. The number of fused-ring (bicyclic) bond motifs is 1. The molecule has 2 heterocycles. The van der Waals surface area contributed by atoms with Crippen LogP contribution in [0.15, 0.2) is 52.5 Å². The third-order valence-electron chi connectivity index (χ3n) is 3.68. The molecule has 3 nitrogen and oxygen atoms in total. The highest BCUT2D eigenvalue weighted by Gasteiger charge is 2.26. The molecule has 1 atom stereocenters. The van der Waals surface area contributed by atoms with E-state index in [0.29, 0.717) is 10.8 Å². The first kappa shape index (κ1) is 15.4. The summed E-state index contributed by atoms with van der Waals surface area (Å²) >= 11 is 3.36. The van der Waals surface area contributed by atoms with Crippen LogP contribution >= 0.6 is 23.5 Å². The molecule has 0 bridgehead atoms. The van der Waals surface area contributed by atoms with Gasteiger partial charge in [0.1, 0.15) is 5.03 Å².